The van der Waals surface area contributed by atoms with Gasteiger partial charge in [0.15, 0.2) is 5.79 Å². The summed E-state index contributed by atoms with van der Waals surface area (Å²) < 4.78 is 17.4. The number of carbonyl (C=O) groups excluding carboxylic acids is 1. The van der Waals surface area contributed by atoms with Gasteiger partial charge < -0.3 is 19.3 Å². The molecule has 0 aromatic carbocycles. The number of rotatable bonds is 4. The van der Waals surface area contributed by atoms with E-state index in [-0.39, 0.29) is 18.2 Å². The number of ether oxygens (including phenoxy) is 3. The van der Waals surface area contributed by atoms with Gasteiger partial charge in [-0.3, -0.25) is 0 Å². The molecular weight excluding hydrogens is 348 g/mol. The Bertz CT molecular complexity index is 649. The summed E-state index contributed by atoms with van der Waals surface area (Å²) in [5.41, 5.74) is 2.45. The van der Waals surface area contributed by atoms with E-state index in [2.05, 4.69) is 31.1 Å². The van der Waals surface area contributed by atoms with Crippen LogP contribution < -0.4 is 0 Å². The van der Waals surface area contributed by atoms with Gasteiger partial charge in [0, 0.05) is 18.9 Å². The normalized spacial score (nSPS) is 32.2. The maximum atomic E-state index is 11.4. The Kier molecular flexibility index (Phi) is 6.19. The van der Waals surface area contributed by atoms with Gasteiger partial charge in [-0.15, -0.1) is 5.54 Å². The van der Waals surface area contributed by atoms with Crippen LogP contribution in [0.15, 0.2) is 24.3 Å². The Morgan fingerprint density at radius 3 is 2.69 bits per heavy atom. The van der Waals surface area contributed by atoms with E-state index in [1.807, 2.05) is 32.9 Å². The fourth-order valence-corrected chi connectivity index (χ4v) is 3.61. The molecule has 1 N–H and O–H groups in total. The highest BCUT2D eigenvalue weighted by Crippen LogP contribution is 2.39. The van der Waals surface area contributed by atoms with E-state index in [0.29, 0.717) is 12.8 Å². The summed E-state index contributed by atoms with van der Waals surface area (Å²) in [4.78, 5) is 11.4. The topological polar surface area (TPSA) is 65.0 Å². The Morgan fingerprint density at radius 2 is 2.08 bits per heavy atom. The third-order valence-electron chi connectivity index (χ3n) is 4.11. The number of hydrogen-bond donors (Lipinski definition) is 1. The summed E-state index contributed by atoms with van der Waals surface area (Å²) in [6, 6.07) is 0. The van der Waals surface area contributed by atoms with E-state index in [1.165, 1.54) is 6.08 Å². The predicted molar refractivity (Wildman–Crippen MR) is 103 cm³/mol. The Hall–Kier alpha value is -1.39. The molecule has 0 amide bonds. The fraction of sp³-hybridized carbons (Fsp3) is 0.650. The molecule has 0 aromatic rings. The van der Waals surface area contributed by atoms with Crippen LogP contribution in [0.25, 0.3) is 0 Å². The predicted octanol–water partition coefficient (Wildman–Crippen LogP) is 2.96. The molecule has 5 nitrogen and oxygen atoms in total. The Labute approximate surface area is 157 Å². The van der Waals surface area contributed by atoms with E-state index in [1.54, 1.807) is 6.08 Å². The molecule has 2 aliphatic rings. The molecule has 26 heavy (non-hydrogen) atoms. The zero-order chi connectivity index (χ0) is 19.6. The van der Waals surface area contributed by atoms with Gasteiger partial charge >= 0.3 is 5.97 Å². The molecule has 144 valence electrons. The molecule has 0 aliphatic carbocycles. The van der Waals surface area contributed by atoms with Crippen LogP contribution >= 0.6 is 0 Å². The van der Waals surface area contributed by atoms with Gasteiger partial charge in [0.05, 0.1) is 6.10 Å². The van der Waals surface area contributed by atoms with E-state index in [0.717, 1.165) is 0 Å². The number of aliphatic hydroxyl groups excluding tert-OH is 1. The van der Waals surface area contributed by atoms with E-state index >= 15 is 0 Å². The van der Waals surface area contributed by atoms with Gasteiger partial charge in [0.1, 0.15) is 25.9 Å². The van der Waals surface area contributed by atoms with Crippen molar-refractivity contribution >= 4 is 14.0 Å². The minimum absolute atomic E-state index is 0.311. The zero-order valence-electron chi connectivity index (χ0n) is 16.5. The number of aliphatic hydroxyl groups is 1. The summed E-state index contributed by atoms with van der Waals surface area (Å²) in [6.45, 7) is 12.0. The van der Waals surface area contributed by atoms with Gasteiger partial charge in [-0.25, -0.2) is 4.79 Å². The van der Waals surface area contributed by atoms with Crippen molar-refractivity contribution in [2.24, 2.45) is 0 Å². The first-order chi connectivity index (χ1) is 11.9. The number of hydrogen-bond acceptors (Lipinski definition) is 5. The summed E-state index contributed by atoms with van der Waals surface area (Å²) in [7, 11) is -1.55. The quantitative estimate of drug-likeness (QED) is 0.353. The van der Waals surface area contributed by atoms with Crippen molar-refractivity contribution in [3.63, 3.8) is 0 Å². The first-order valence-electron chi connectivity index (χ1n) is 9.04. The third-order valence-corrected chi connectivity index (χ3v) is 5.01. The molecule has 6 heteroatoms. The van der Waals surface area contributed by atoms with Crippen molar-refractivity contribution < 1.29 is 24.1 Å². The summed E-state index contributed by atoms with van der Waals surface area (Å²) in [5.74, 6) is 1.85. The highest BCUT2D eigenvalue weighted by atomic mass is 28.3. The lowest BCUT2D eigenvalue weighted by Crippen LogP contribution is -2.37. The van der Waals surface area contributed by atoms with Crippen molar-refractivity contribution in [1.29, 1.82) is 0 Å². The lowest BCUT2D eigenvalue weighted by molar-refractivity contribution is -0.154. The van der Waals surface area contributed by atoms with Crippen LogP contribution in [0.4, 0.5) is 0 Å². The molecule has 1 unspecified atom stereocenters. The van der Waals surface area contributed by atoms with Crippen LogP contribution in [0.2, 0.25) is 19.6 Å². The average molecular weight is 379 g/mol. The molecule has 2 rings (SSSR count). The van der Waals surface area contributed by atoms with Crippen molar-refractivity contribution in [1.82, 2.24) is 0 Å². The average Bonchev–Trinajstić information content (AvgIpc) is 2.72. The smallest absolute Gasteiger partial charge is 0.331 e. The lowest BCUT2D eigenvalue weighted by atomic mass is 9.93. The molecule has 1 saturated heterocycles. The second-order valence-corrected chi connectivity index (χ2v) is 13.3. The summed E-state index contributed by atoms with van der Waals surface area (Å²) in [5, 5.41) is 10.3. The molecular formula is C20H30O5Si. The highest BCUT2D eigenvalue weighted by molar-refractivity contribution is 6.83. The second-order valence-electron chi connectivity index (χ2n) is 8.54. The Morgan fingerprint density at radius 1 is 1.38 bits per heavy atom. The maximum absolute atomic E-state index is 11.4. The van der Waals surface area contributed by atoms with Crippen molar-refractivity contribution in [3.8, 4) is 11.5 Å². The number of esters is 1. The van der Waals surface area contributed by atoms with Crippen LogP contribution in [0.3, 0.4) is 0 Å². The van der Waals surface area contributed by atoms with Crippen LogP contribution in [-0.4, -0.2) is 48.8 Å². The minimum atomic E-state index is -1.55. The van der Waals surface area contributed by atoms with E-state index in [9.17, 15) is 9.90 Å². The van der Waals surface area contributed by atoms with Gasteiger partial charge in [-0.05, 0) is 26.8 Å². The third kappa shape index (κ3) is 6.10. The van der Waals surface area contributed by atoms with Crippen LogP contribution in [0, 0.1) is 11.5 Å². The maximum Gasteiger partial charge on any atom is 0.331 e. The largest absolute Gasteiger partial charge is 0.455 e. The molecule has 0 saturated carbocycles. The first-order valence-corrected chi connectivity index (χ1v) is 12.5. The minimum Gasteiger partial charge on any atom is -0.455 e. The molecule has 4 atom stereocenters. The lowest BCUT2D eigenvalue weighted by Gasteiger charge is -2.27. The standard InChI is InChI=1S/C20H30O5Si/c1-19(2)24-17(14-15(21)11-13-26(4,5)6)20(3,25-19)12-10-16-8-7-9-18(22)23-16/h7,9-10,12,15-17,21H,8,14H2,1-6H3/b12-10+/t15?,16-,17-,20-/m1/s1. The van der Waals surface area contributed by atoms with Gasteiger partial charge in [-0.1, -0.05) is 37.7 Å². The number of carbonyl (C=O) groups is 1. The van der Waals surface area contributed by atoms with Crippen molar-refractivity contribution in [2.75, 3.05) is 0 Å². The van der Waals surface area contributed by atoms with E-state index < -0.39 is 25.6 Å². The molecule has 0 bridgehead atoms. The zero-order valence-corrected chi connectivity index (χ0v) is 17.5. The van der Waals surface area contributed by atoms with Crippen LogP contribution in [0.1, 0.15) is 33.6 Å². The van der Waals surface area contributed by atoms with Gasteiger partial charge in [-0.2, -0.15) is 0 Å². The highest BCUT2D eigenvalue weighted by Gasteiger charge is 2.49. The summed E-state index contributed by atoms with van der Waals surface area (Å²) in [6.07, 6.45) is 6.49. The van der Waals surface area contributed by atoms with Crippen molar-refractivity contribution in [3.05, 3.63) is 24.3 Å². The van der Waals surface area contributed by atoms with Crippen LogP contribution in [0.5, 0.6) is 0 Å². The summed E-state index contributed by atoms with van der Waals surface area (Å²) >= 11 is 0. The monoisotopic (exact) mass is 378 g/mol. The van der Waals surface area contributed by atoms with E-state index in [4.69, 9.17) is 14.2 Å². The molecule has 0 aromatic heterocycles. The Balaban J connectivity index is 2.11. The molecule has 2 heterocycles. The molecule has 0 spiro atoms. The number of cyclic esters (lactones) is 1. The van der Waals surface area contributed by atoms with Crippen LogP contribution in [-0.2, 0) is 19.0 Å². The second kappa shape index (κ2) is 7.69. The first kappa shape index (κ1) is 20.9. The van der Waals surface area contributed by atoms with Crippen molar-refractivity contribution in [2.45, 2.75) is 83.0 Å². The fourth-order valence-electron chi connectivity index (χ4n) is 3.02. The molecule has 0 radical (unpaired) electrons. The van der Waals surface area contributed by atoms with Gasteiger partial charge in [0.25, 0.3) is 0 Å². The SMILES string of the molecule is CC1(C)O[C@H](CC(O)C#C[Si](C)(C)C)[C@@](C)(/C=C/[C@H]2CC=CC(=O)O2)O1. The molecule has 2 aliphatic heterocycles. The molecule has 1 fully saturated rings. The van der Waals surface area contributed by atoms with Gasteiger partial charge in [0.2, 0.25) is 0 Å².